The number of nitrogens with zero attached hydrogens (tertiary/aromatic N) is 4. The summed E-state index contributed by atoms with van der Waals surface area (Å²) < 4.78 is 5.81. The number of H-pyrrole nitrogens is 1. The van der Waals surface area contributed by atoms with Gasteiger partial charge >= 0.3 is 0 Å². The van der Waals surface area contributed by atoms with E-state index in [-0.39, 0.29) is 5.91 Å². The monoisotopic (exact) mass is 535 g/mol. The second-order valence-corrected chi connectivity index (χ2v) is 10.4. The van der Waals surface area contributed by atoms with Gasteiger partial charge in [0, 0.05) is 65.9 Å². The Kier molecular flexibility index (Phi) is 8.12. The van der Waals surface area contributed by atoms with Crippen molar-refractivity contribution in [2.75, 3.05) is 40.3 Å². The zero-order chi connectivity index (χ0) is 28.2. The molecule has 0 bridgehead atoms. The van der Waals surface area contributed by atoms with Crippen LogP contribution in [-0.4, -0.2) is 71.0 Å². The fourth-order valence-corrected chi connectivity index (χ4v) is 5.74. The Morgan fingerprint density at radius 2 is 2.00 bits per heavy atom. The number of carbonyl (C=O) groups is 1. The molecule has 1 aliphatic rings. The average molecular weight is 536 g/mol. The van der Waals surface area contributed by atoms with Gasteiger partial charge in [-0.1, -0.05) is 25.6 Å². The molecule has 1 unspecified atom stereocenters. The molecule has 206 valence electrons. The van der Waals surface area contributed by atoms with Crippen LogP contribution >= 0.6 is 0 Å². The summed E-state index contributed by atoms with van der Waals surface area (Å²) >= 11 is 0. The molecular weight excluding hydrogens is 498 g/mol. The van der Waals surface area contributed by atoms with Gasteiger partial charge in [-0.25, -0.2) is 0 Å². The molecule has 0 radical (unpaired) electrons. The number of aromatic amines is 1. The van der Waals surface area contributed by atoms with E-state index in [9.17, 15) is 4.79 Å². The number of likely N-dealkylation sites (tertiary alicyclic amines) is 1. The van der Waals surface area contributed by atoms with Gasteiger partial charge in [0.1, 0.15) is 5.76 Å². The quantitative estimate of drug-likeness (QED) is 0.212. The smallest absolute Gasteiger partial charge is 0.253 e. The van der Waals surface area contributed by atoms with Gasteiger partial charge in [0.2, 0.25) is 0 Å². The van der Waals surface area contributed by atoms with Crippen LogP contribution in [0.5, 0.6) is 0 Å². The molecule has 1 aliphatic heterocycles. The maximum Gasteiger partial charge on any atom is 0.253 e. The number of methoxy groups -OCH3 is 1. The van der Waals surface area contributed by atoms with Gasteiger partial charge in [-0.15, -0.1) is 0 Å². The summed E-state index contributed by atoms with van der Waals surface area (Å²) in [6.07, 6.45) is 8.29. The van der Waals surface area contributed by atoms with Crippen LogP contribution in [-0.2, 0) is 4.74 Å². The zero-order valence-corrected chi connectivity index (χ0v) is 23.8. The van der Waals surface area contributed by atoms with Crippen molar-refractivity contribution in [1.29, 1.82) is 0 Å². The first-order chi connectivity index (χ1) is 19.4. The lowest BCUT2D eigenvalue weighted by Gasteiger charge is -2.22. The molecule has 3 aromatic heterocycles. The summed E-state index contributed by atoms with van der Waals surface area (Å²) in [5.74, 6) is 1.22. The number of allylic oxidation sites excluding steroid dienone is 1. The van der Waals surface area contributed by atoms with E-state index in [1.165, 1.54) is 0 Å². The normalized spacial score (nSPS) is 16.1. The molecule has 0 saturated carbocycles. The van der Waals surface area contributed by atoms with Crippen molar-refractivity contribution in [2.45, 2.75) is 20.3 Å². The molecule has 4 aromatic rings. The van der Waals surface area contributed by atoms with Gasteiger partial charge in [-0.2, -0.15) is 0 Å². The summed E-state index contributed by atoms with van der Waals surface area (Å²) in [6, 6.07) is 13.8. The minimum atomic E-state index is 0.0400. The molecule has 5 rings (SSSR count). The van der Waals surface area contributed by atoms with Crippen LogP contribution in [0, 0.1) is 12.8 Å². The van der Waals surface area contributed by atoms with Crippen LogP contribution in [0.25, 0.3) is 27.7 Å². The number of ether oxygens (including phenoxy) is 1. The number of amides is 1. The number of hydrogen-bond donors (Lipinski definition) is 1. The van der Waals surface area contributed by atoms with Gasteiger partial charge in [-0.3, -0.25) is 14.8 Å². The third-order valence-electron chi connectivity index (χ3n) is 7.85. The largest absolute Gasteiger partial charge is 0.496 e. The van der Waals surface area contributed by atoms with Crippen molar-refractivity contribution in [2.24, 2.45) is 5.92 Å². The minimum absolute atomic E-state index is 0.0400. The molecule has 0 aliphatic carbocycles. The van der Waals surface area contributed by atoms with Gasteiger partial charge in [0.25, 0.3) is 5.91 Å². The number of pyridine rings is 2. The predicted octanol–water partition coefficient (Wildman–Crippen LogP) is 5.94. The van der Waals surface area contributed by atoms with E-state index in [0.717, 1.165) is 77.2 Å². The number of benzene rings is 1. The van der Waals surface area contributed by atoms with E-state index in [2.05, 4.69) is 39.4 Å². The topological polar surface area (TPSA) is 74.3 Å². The lowest BCUT2D eigenvalue weighted by molar-refractivity contribution is 0.0773. The molecule has 1 atom stereocenters. The molecule has 1 saturated heterocycles. The maximum atomic E-state index is 13.3. The van der Waals surface area contributed by atoms with Crippen molar-refractivity contribution in [3.63, 3.8) is 0 Å². The first-order valence-electron chi connectivity index (χ1n) is 13.8. The van der Waals surface area contributed by atoms with Crippen molar-refractivity contribution in [1.82, 2.24) is 24.8 Å². The molecule has 7 heteroatoms. The van der Waals surface area contributed by atoms with E-state index in [1.807, 2.05) is 67.7 Å². The molecular formula is C33H37N5O2. The third-order valence-corrected chi connectivity index (χ3v) is 7.85. The number of carbonyl (C=O) groups excluding carboxylic acids is 1. The molecule has 1 N–H and O–H groups in total. The van der Waals surface area contributed by atoms with Crippen LogP contribution in [0.3, 0.4) is 0 Å². The third kappa shape index (κ3) is 5.42. The highest BCUT2D eigenvalue weighted by Gasteiger charge is 2.25. The fraction of sp³-hybridized carbons (Fsp3) is 0.303. The molecule has 4 heterocycles. The van der Waals surface area contributed by atoms with Crippen LogP contribution in [0.1, 0.15) is 40.5 Å². The first kappa shape index (κ1) is 27.3. The van der Waals surface area contributed by atoms with E-state index in [4.69, 9.17) is 4.74 Å². The second kappa shape index (κ2) is 11.9. The highest BCUT2D eigenvalue weighted by atomic mass is 16.5. The number of aromatic nitrogens is 3. The summed E-state index contributed by atoms with van der Waals surface area (Å²) in [5, 5.41) is 1.02. The maximum absolute atomic E-state index is 13.3. The van der Waals surface area contributed by atoms with Crippen LogP contribution in [0.4, 0.5) is 0 Å². The number of nitrogens with one attached hydrogen (secondary N) is 1. The zero-order valence-electron chi connectivity index (χ0n) is 23.8. The molecule has 7 nitrogen and oxygen atoms in total. The van der Waals surface area contributed by atoms with E-state index >= 15 is 0 Å². The Bertz CT molecular complexity index is 1540. The van der Waals surface area contributed by atoms with E-state index in [1.54, 1.807) is 19.4 Å². The van der Waals surface area contributed by atoms with Crippen LogP contribution in [0.15, 0.2) is 79.5 Å². The average Bonchev–Trinajstić information content (AvgIpc) is 3.58. The molecule has 40 heavy (non-hydrogen) atoms. The van der Waals surface area contributed by atoms with Crippen molar-refractivity contribution < 1.29 is 9.53 Å². The fourth-order valence-electron chi connectivity index (χ4n) is 5.74. The van der Waals surface area contributed by atoms with E-state index < -0.39 is 0 Å². The SMILES string of the molecule is C=CC(OC)=C(c1ccc(C(=O)N(C)CC2CCN(CC)C2)cc1)c1c(C)[nH]c2cnc(-c3cccnc3)cc12. The molecule has 1 aromatic carbocycles. The summed E-state index contributed by atoms with van der Waals surface area (Å²) in [5.41, 5.74) is 7.23. The minimum Gasteiger partial charge on any atom is -0.496 e. The van der Waals surface area contributed by atoms with Crippen molar-refractivity contribution in [3.05, 3.63) is 102 Å². The first-order valence-corrected chi connectivity index (χ1v) is 13.8. The van der Waals surface area contributed by atoms with Gasteiger partial charge in [0.15, 0.2) is 0 Å². The Hall–Kier alpha value is -4.23. The molecule has 1 fully saturated rings. The van der Waals surface area contributed by atoms with Crippen molar-refractivity contribution in [3.8, 4) is 11.3 Å². The summed E-state index contributed by atoms with van der Waals surface area (Å²) in [4.78, 5) is 30.0. The number of aryl methyl sites for hydroxylation is 1. The number of rotatable bonds is 9. The molecule has 1 amide bonds. The summed E-state index contributed by atoms with van der Waals surface area (Å²) in [7, 11) is 3.56. The highest BCUT2D eigenvalue weighted by Crippen LogP contribution is 2.37. The Labute approximate surface area is 236 Å². The number of hydrogen-bond acceptors (Lipinski definition) is 5. The van der Waals surface area contributed by atoms with Crippen molar-refractivity contribution >= 4 is 22.4 Å². The van der Waals surface area contributed by atoms with Gasteiger partial charge < -0.3 is 19.5 Å². The Morgan fingerprint density at radius 3 is 2.65 bits per heavy atom. The Morgan fingerprint density at radius 1 is 1.23 bits per heavy atom. The second-order valence-electron chi connectivity index (χ2n) is 10.4. The lowest BCUT2D eigenvalue weighted by atomic mass is 9.93. The van der Waals surface area contributed by atoms with Crippen LogP contribution in [0.2, 0.25) is 0 Å². The lowest BCUT2D eigenvalue weighted by Crippen LogP contribution is -2.33. The molecule has 0 spiro atoms. The van der Waals surface area contributed by atoms with Gasteiger partial charge in [-0.05, 0) is 74.3 Å². The Balaban J connectivity index is 1.49. The van der Waals surface area contributed by atoms with Gasteiger partial charge in [0.05, 0.1) is 24.5 Å². The highest BCUT2D eigenvalue weighted by molar-refractivity contribution is 6.01. The van der Waals surface area contributed by atoms with E-state index in [0.29, 0.717) is 17.2 Å². The predicted molar refractivity (Wildman–Crippen MR) is 161 cm³/mol. The summed E-state index contributed by atoms with van der Waals surface area (Å²) in [6.45, 7) is 12.3. The van der Waals surface area contributed by atoms with Crippen LogP contribution < -0.4 is 0 Å². The standard InChI is InChI=1S/C33H37N5O2/c1-6-30(40-5)32(31-22(3)36-29-19-35-28(17-27(29)31)26-9-8-15-34-18-26)24-10-12-25(13-11-24)33(39)37(4)20-23-14-16-38(7-2)21-23/h6,8-13,15,17-19,23,36H,1,7,14,16,20-21H2,2-5H3. The number of fused-ring (bicyclic) bond motifs is 1.